The van der Waals surface area contributed by atoms with E-state index >= 15 is 0 Å². The Balaban J connectivity index is 2.22. The van der Waals surface area contributed by atoms with Crippen LogP contribution in [0.3, 0.4) is 0 Å². The van der Waals surface area contributed by atoms with Crippen molar-refractivity contribution in [2.75, 3.05) is 13.7 Å². The highest BCUT2D eigenvalue weighted by Gasteiger charge is 2.19. The summed E-state index contributed by atoms with van der Waals surface area (Å²) in [5.74, 6) is -0.359. The zero-order chi connectivity index (χ0) is 15.9. The summed E-state index contributed by atoms with van der Waals surface area (Å²) in [5.41, 5.74) is 0.995. The maximum atomic E-state index is 11.2. The summed E-state index contributed by atoms with van der Waals surface area (Å²) in [7, 11) is 1.49. The largest absolute Gasteiger partial charge is 0.494 e. The van der Waals surface area contributed by atoms with Crippen LogP contribution in [0.4, 0.5) is 0 Å². The fourth-order valence-corrected chi connectivity index (χ4v) is 1.96. The molecule has 0 saturated heterocycles. The molecule has 2 rings (SSSR count). The van der Waals surface area contributed by atoms with E-state index in [1.54, 1.807) is 12.1 Å². The van der Waals surface area contributed by atoms with Crippen LogP contribution in [0.15, 0.2) is 24.3 Å². The van der Waals surface area contributed by atoms with Gasteiger partial charge < -0.3 is 14.6 Å². The van der Waals surface area contributed by atoms with Crippen LogP contribution in [0.2, 0.25) is 0 Å². The SMILES string of the molecule is CCCCOc1ccc(-n2nnc(C(=O)O)c2COC)cc1. The van der Waals surface area contributed by atoms with E-state index in [0.29, 0.717) is 18.0 Å². The number of carboxylic acids is 1. The van der Waals surface area contributed by atoms with Crippen molar-refractivity contribution in [2.45, 2.75) is 26.4 Å². The van der Waals surface area contributed by atoms with Gasteiger partial charge in [0.05, 0.1) is 18.9 Å². The average Bonchev–Trinajstić information content (AvgIpc) is 2.93. The van der Waals surface area contributed by atoms with Gasteiger partial charge in [-0.25, -0.2) is 9.48 Å². The Labute approximate surface area is 128 Å². The number of carbonyl (C=O) groups is 1. The van der Waals surface area contributed by atoms with Gasteiger partial charge in [0.15, 0.2) is 5.69 Å². The molecule has 0 aliphatic heterocycles. The Hall–Kier alpha value is -2.41. The van der Waals surface area contributed by atoms with Crippen LogP contribution in [0.25, 0.3) is 5.69 Å². The molecule has 0 bridgehead atoms. The maximum absolute atomic E-state index is 11.2. The fraction of sp³-hybridized carbons (Fsp3) is 0.400. The molecule has 0 aliphatic carbocycles. The van der Waals surface area contributed by atoms with Crippen LogP contribution >= 0.6 is 0 Å². The number of hydrogen-bond donors (Lipinski definition) is 1. The minimum absolute atomic E-state index is 0.106. The van der Waals surface area contributed by atoms with Gasteiger partial charge in [0, 0.05) is 7.11 Å². The van der Waals surface area contributed by atoms with E-state index in [-0.39, 0.29) is 12.3 Å². The van der Waals surface area contributed by atoms with Crippen molar-refractivity contribution < 1.29 is 19.4 Å². The van der Waals surface area contributed by atoms with Crippen LogP contribution in [0, 0.1) is 0 Å². The summed E-state index contributed by atoms with van der Waals surface area (Å²) in [5, 5.41) is 16.7. The Kier molecular flexibility index (Phi) is 5.48. The van der Waals surface area contributed by atoms with Gasteiger partial charge in [-0.3, -0.25) is 0 Å². The minimum Gasteiger partial charge on any atom is -0.494 e. The first kappa shape index (κ1) is 16.0. The number of hydrogen-bond acceptors (Lipinski definition) is 5. The molecule has 0 aliphatic rings. The van der Waals surface area contributed by atoms with E-state index < -0.39 is 5.97 Å². The number of unbranched alkanes of at least 4 members (excludes halogenated alkanes) is 1. The number of rotatable bonds is 8. The Morgan fingerprint density at radius 2 is 2.05 bits per heavy atom. The van der Waals surface area contributed by atoms with E-state index in [4.69, 9.17) is 14.6 Å². The van der Waals surface area contributed by atoms with Crippen LogP contribution in [-0.2, 0) is 11.3 Å². The molecule has 1 N–H and O–H groups in total. The molecule has 1 aromatic heterocycles. The van der Waals surface area contributed by atoms with E-state index in [2.05, 4.69) is 17.2 Å². The molecular formula is C15H19N3O4. The lowest BCUT2D eigenvalue weighted by atomic mass is 10.2. The van der Waals surface area contributed by atoms with Gasteiger partial charge in [-0.2, -0.15) is 0 Å². The molecule has 7 nitrogen and oxygen atoms in total. The fourth-order valence-electron chi connectivity index (χ4n) is 1.96. The molecule has 0 unspecified atom stereocenters. The Morgan fingerprint density at radius 3 is 2.64 bits per heavy atom. The van der Waals surface area contributed by atoms with E-state index in [1.165, 1.54) is 11.8 Å². The molecule has 0 amide bonds. The lowest BCUT2D eigenvalue weighted by Gasteiger charge is -2.08. The zero-order valence-corrected chi connectivity index (χ0v) is 12.7. The number of benzene rings is 1. The number of ether oxygens (including phenoxy) is 2. The molecule has 0 fully saturated rings. The first-order valence-corrected chi connectivity index (χ1v) is 7.07. The first-order valence-electron chi connectivity index (χ1n) is 7.07. The predicted molar refractivity (Wildman–Crippen MR) is 79.4 cm³/mol. The third kappa shape index (κ3) is 3.62. The minimum atomic E-state index is -1.13. The zero-order valence-electron chi connectivity index (χ0n) is 12.7. The van der Waals surface area contributed by atoms with Gasteiger partial charge in [-0.1, -0.05) is 18.6 Å². The third-order valence-electron chi connectivity index (χ3n) is 3.09. The molecule has 22 heavy (non-hydrogen) atoms. The normalized spacial score (nSPS) is 10.6. The third-order valence-corrected chi connectivity index (χ3v) is 3.09. The van der Waals surface area contributed by atoms with Gasteiger partial charge in [0.1, 0.15) is 11.4 Å². The first-order chi connectivity index (χ1) is 10.7. The number of methoxy groups -OCH3 is 1. The van der Waals surface area contributed by atoms with Gasteiger partial charge in [0.2, 0.25) is 0 Å². The average molecular weight is 305 g/mol. The standard InChI is InChI=1S/C15H19N3O4/c1-3-4-9-22-12-7-5-11(6-8-12)18-13(10-21-2)14(15(19)20)16-17-18/h5-8H,3-4,9-10H2,1-2H3,(H,19,20). The number of carboxylic acid groups (broad SMARTS) is 1. The number of aromatic carboxylic acids is 1. The van der Waals surface area contributed by atoms with Crippen LogP contribution < -0.4 is 4.74 Å². The Morgan fingerprint density at radius 1 is 1.32 bits per heavy atom. The van der Waals surface area contributed by atoms with Gasteiger partial charge in [-0.15, -0.1) is 5.10 Å². The molecule has 2 aromatic rings. The van der Waals surface area contributed by atoms with Crippen LogP contribution in [0.1, 0.15) is 35.9 Å². The highest BCUT2D eigenvalue weighted by molar-refractivity contribution is 5.86. The van der Waals surface area contributed by atoms with E-state index in [0.717, 1.165) is 18.6 Å². The van der Waals surface area contributed by atoms with E-state index in [1.807, 2.05) is 12.1 Å². The second kappa shape index (κ2) is 7.56. The smallest absolute Gasteiger partial charge is 0.358 e. The van der Waals surface area contributed by atoms with Crippen LogP contribution in [0.5, 0.6) is 5.75 Å². The molecule has 118 valence electrons. The van der Waals surface area contributed by atoms with Crippen molar-refractivity contribution >= 4 is 5.97 Å². The van der Waals surface area contributed by atoms with Gasteiger partial charge in [0.25, 0.3) is 0 Å². The second-order valence-electron chi connectivity index (χ2n) is 4.73. The summed E-state index contributed by atoms with van der Waals surface area (Å²) < 4.78 is 12.1. The number of aromatic nitrogens is 3. The lowest BCUT2D eigenvalue weighted by Crippen LogP contribution is -2.08. The molecule has 0 spiro atoms. The molecule has 0 atom stereocenters. The monoisotopic (exact) mass is 305 g/mol. The van der Waals surface area contributed by atoms with E-state index in [9.17, 15) is 4.79 Å². The van der Waals surface area contributed by atoms with Crippen molar-refractivity contribution in [3.63, 3.8) is 0 Å². The van der Waals surface area contributed by atoms with Gasteiger partial charge >= 0.3 is 5.97 Å². The van der Waals surface area contributed by atoms with Gasteiger partial charge in [-0.05, 0) is 30.7 Å². The molecular weight excluding hydrogens is 286 g/mol. The van der Waals surface area contributed by atoms with Crippen LogP contribution in [-0.4, -0.2) is 39.8 Å². The number of nitrogens with zero attached hydrogens (tertiary/aromatic N) is 3. The molecule has 7 heteroatoms. The lowest BCUT2D eigenvalue weighted by molar-refractivity contribution is 0.0685. The van der Waals surface area contributed by atoms with Crippen molar-refractivity contribution in [1.82, 2.24) is 15.0 Å². The van der Waals surface area contributed by atoms with Crippen molar-refractivity contribution in [3.8, 4) is 11.4 Å². The molecule has 1 aromatic carbocycles. The summed E-state index contributed by atoms with van der Waals surface area (Å²) in [6.45, 7) is 2.90. The van der Waals surface area contributed by atoms with Crippen molar-refractivity contribution in [1.29, 1.82) is 0 Å². The molecule has 1 heterocycles. The summed E-state index contributed by atoms with van der Waals surface area (Å²) in [6, 6.07) is 7.26. The van der Waals surface area contributed by atoms with Crippen molar-refractivity contribution in [2.24, 2.45) is 0 Å². The Bertz CT molecular complexity index is 622. The maximum Gasteiger partial charge on any atom is 0.358 e. The second-order valence-corrected chi connectivity index (χ2v) is 4.73. The topological polar surface area (TPSA) is 86.5 Å². The quantitative estimate of drug-likeness (QED) is 0.753. The summed E-state index contributed by atoms with van der Waals surface area (Å²) >= 11 is 0. The van der Waals surface area contributed by atoms with Crippen molar-refractivity contribution in [3.05, 3.63) is 35.7 Å². The highest BCUT2D eigenvalue weighted by Crippen LogP contribution is 2.18. The summed E-state index contributed by atoms with van der Waals surface area (Å²) in [4.78, 5) is 11.2. The summed E-state index contributed by atoms with van der Waals surface area (Å²) in [6.07, 6.45) is 2.08. The predicted octanol–water partition coefficient (Wildman–Crippen LogP) is 2.29. The molecule has 0 saturated carbocycles. The highest BCUT2D eigenvalue weighted by atomic mass is 16.5. The molecule has 0 radical (unpaired) electrons.